The molecule has 0 atom stereocenters. The van der Waals surface area contributed by atoms with E-state index in [9.17, 15) is 0 Å². The second-order valence-electron chi connectivity index (χ2n) is 21.4. The molecule has 2 heteroatoms. The van der Waals surface area contributed by atoms with Crippen molar-refractivity contribution >= 4 is 102 Å². The molecule has 0 aromatic heterocycles. The van der Waals surface area contributed by atoms with Crippen LogP contribution in [-0.2, 0) is 0 Å². The molecule has 76 heavy (non-hydrogen) atoms. The van der Waals surface area contributed by atoms with E-state index in [1.54, 1.807) is 0 Å². The Bertz CT molecular complexity index is 3600. The quantitative estimate of drug-likeness (QED) is 0.0889. The minimum atomic E-state index is 0.681. The Labute approximate surface area is 448 Å². The Morgan fingerprint density at radius 1 is 0.263 bits per heavy atom. The highest BCUT2D eigenvalue weighted by atomic mass is 15.1. The second-order valence-corrected chi connectivity index (χ2v) is 21.4. The van der Waals surface area contributed by atoms with E-state index in [-0.39, 0.29) is 0 Å². The van der Waals surface area contributed by atoms with Crippen molar-refractivity contribution in [1.82, 2.24) is 0 Å². The summed E-state index contributed by atoms with van der Waals surface area (Å²) in [5.74, 6) is 1.36. The molecule has 0 heterocycles. The summed E-state index contributed by atoms with van der Waals surface area (Å²) in [5.41, 5.74) is 14.7. The van der Waals surface area contributed by atoms with Crippen LogP contribution in [0.1, 0.15) is 109 Å². The Balaban J connectivity index is 0.718. The van der Waals surface area contributed by atoms with Crippen molar-refractivity contribution in [3.05, 3.63) is 264 Å². The van der Waals surface area contributed by atoms with E-state index >= 15 is 0 Å². The van der Waals surface area contributed by atoms with Crippen LogP contribution in [0.25, 0.3) is 67.4 Å². The molecule has 0 amide bonds. The predicted octanol–water partition coefficient (Wildman–Crippen LogP) is 21.7. The maximum Gasteiger partial charge on any atom is 0.0540 e. The first-order chi connectivity index (χ1) is 37.6. The molecule has 0 N–H and O–H groups in total. The normalized spacial score (nSPS) is 14.6. The third-order valence-electron chi connectivity index (χ3n) is 16.6. The highest BCUT2D eigenvalue weighted by Crippen LogP contribution is 2.43. The van der Waals surface area contributed by atoms with Crippen LogP contribution in [0.15, 0.2) is 231 Å². The molecule has 370 valence electrons. The van der Waals surface area contributed by atoms with Gasteiger partial charge in [0.25, 0.3) is 0 Å². The lowest BCUT2D eigenvalue weighted by atomic mass is 9.84. The highest BCUT2D eigenvalue weighted by Gasteiger charge is 2.21. The average Bonchev–Trinajstić information content (AvgIpc) is 3.51. The Hall–Kier alpha value is -8.46. The Morgan fingerprint density at radius 3 is 1.01 bits per heavy atom. The van der Waals surface area contributed by atoms with Gasteiger partial charge < -0.3 is 9.80 Å². The average molecular weight is 981 g/mol. The van der Waals surface area contributed by atoms with Crippen molar-refractivity contribution in [1.29, 1.82) is 0 Å². The summed E-state index contributed by atoms with van der Waals surface area (Å²) in [4.78, 5) is 4.84. The van der Waals surface area contributed by atoms with Crippen molar-refractivity contribution < 1.29 is 0 Å². The van der Waals surface area contributed by atoms with Crippen LogP contribution in [0, 0.1) is 0 Å². The maximum atomic E-state index is 2.42. The Morgan fingerprint density at radius 2 is 0.605 bits per heavy atom. The van der Waals surface area contributed by atoms with Gasteiger partial charge in [0.1, 0.15) is 0 Å². The van der Waals surface area contributed by atoms with E-state index in [1.165, 1.54) is 163 Å². The summed E-state index contributed by atoms with van der Waals surface area (Å²) in [6, 6.07) is 85.9. The molecule has 2 saturated carbocycles. The van der Waals surface area contributed by atoms with Crippen molar-refractivity contribution in [2.75, 3.05) is 9.80 Å². The predicted molar refractivity (Wildman–Crippen MR) is 328 cm³/mol. The first-order valence-electron chi connectivity index (χ1n) is 27.9. The summed E-state index contributed by atoms with van der Waals surface area (Å²) in [6.07, 6.45) is 22.3. The van der Waals surface area contributed by atoms with E-state index in [0.29, 0.717) is 11.8 Å². The zero-order valence-electron chi connectivity index (χ0n) is 43.4. The standard InChI is InChI=1S/C74H64N2/c1-3-13-57(14-4-1)59-37-45-69(46-38-59)75(73-23-11-19-61-17-7-9-21-71(61)73)67-41-31-53(32-42-67)25-27-55-29-35-63-52-66-50-56(30-36-64(66)51-65(63)49-55)28-26-54-33-43-68(44-34-54)76(74-24-12-20-62-18-8-10-22-72(62)74)70-47-39-60(40-48-70)58-15-5-2-6-16-58/h7-12,17-52,57-58H,1-6,13-16H2. The lowest BCUT2D eigenvalue weighted by Gasteiger charge is -2.28. The van der Waals surface area contributed by atoms with Crippen LogP contribution in [0.3, 0.4) is 0 Å². The van der Waals surface area contributed by atoms with Crippen molar-refractivity contribution in [2.24, 2.45) is 0 Å². The van der Waals surface area contributed by atoms with Gasteiger partial charge in [-0.05, 0) is 188 Å². The molecule has 0 aliphatic heterocycles. The molecule has 0 spiro atoms. The lowest BCUT2D eigenvalue weighted by Crippen LogP contribution is -2.11. The molecular weight excluding hydrogens is 917 g/mol. The number of hydrogen-bond donors (Lipinski definition) is 0. The SMILES string of the molecule is C(=Cc1ccc2cc3cc(C=Cc4ccc(N(c5ccc(C6CCCCC6)cc5)c5cccc6ccccc56)cc4)ccc3cc2c1)c1ccc(N(c2ccc(C3CCCCC3)cc2)c2cccc3ccccc23)cc1. The molecule has 0 saturated heterocycles. The second kappa shape index (κ2) is 21.4. The third-order valence-corrected chi connectivity index (χ3v) is 16.6. The zero-order valence-corrected chi connectivity index (χ0v) is 43.4. The number of benzene rings is 11. The van der Waals surface area contributed by atoms with Gasteiger partial charge in [0, 0.05) is 33.5 Å². The van der Waals surface area contributed by atoms with Gasteiger partial charge in [0.15, 0.2) is 0 Å². The van der Waals surface area contributed by atoms with Gasteiger partial charge in [0.2, 0.25) is 0 Å². The van der Waals surface area contributed by atoms with Crippen LogP contribution in [0.2, 0.25) is 0 Å². The molecular formula is C74H64N2. The molecule has 2 aliphatic carbocycles. The molecule has 2 fully saturated rings. The number of hydrogen-bond acceptors (Lipinski definition) is 2. The smallest absolute Gasteiger partial charge is 0.0540 e. The van der Waals surface area contributed by atoms with Gasteiger partial charge in [-0.15, -0.1) is 0 Å². The van der Waals surface area contributed by atoms with E-state index < -0.39 is 0 Å². The zero-order chi connectivity index (χ0) is 50.6. The van der Waals surface area contributed by atoms with Crippen molar-refractivity contribution in [3.63, 3.8) is 0 Å². The summed E-state index contributed by atoms with van der Waals surface area (Å²) in [5, 5.41) is 9.95. The molecule has 11 aromatic rings. The van der Waals surface area contributed by atoms with Crippen LogP contribution in [0.5, 0.6) is 0 Å². The van der Waals surface area contributed by atoms with E-state index in [4.69, 9.17) is 0 Å². The van der Waals surface area contributed by atoms with E-state index in [1.807, 2.05) is 0 Å². The molecule has 2 aliphatic rings. The van der Waals surface area contributed by atoms with Gasteiger partial charge in [-0.25, -0.2) is 0 Å². The first kappa shape index (κ1) is 47.3. The van der Waals surface area contributed by atoms with Gasteiger partial charge in [-0.1, -0.05) is 208 Å². The first-order valence-corrected chi connectivity index (χ1v) is 27.9. The lowest BCUT2D eigenvalue weighted by molar-refractivity contribution is 0.443. The number of fused-ring (bicyclic) bond motifs is 4. The van der Waals surface area contributed by atoms with Crippen molar-refractivity contribution in [3.8, 4) is 0 Å². The minimum absolute atomic E-state index is 0.681. The topological polar surface area (TPSA) is 6.48 Å². The number of anilines is 6. The van der Waals surface area contributed by atoms with Crippen LogP contribution < -0.4 is 9.80 Å². The molecule has 0 bridgehead atoms. The third kappa shape index (κ3) is 9.96. The molecule has 13 rings (SSSR count). The molecule has 0 unspecified atom stereocenters. The fraction of sp³-hybridized carbons (Fsp3) is 0.162. The van der Waals surface area contributed by atoms with Crippen LogP contribution >= 0.6 is 0 Å². The van der Waals surface area contributed by atoms with Crippen LogP contribution in [0.4, 0.5) is 34.1 Å². The fourth-order valence-corrected chi connectivity index (χ4v) is 12.4. The summed E-state index contributed by atoms with van der Waals surface area (Å²) < 4.78 is 0. The van der Waals surface area contributed by atoms with Crippen LogP contribution in [-0.4, -0.2) is 0 Å². The van der Waals surface area contributed by atoms with Gasteiger partial charge in [-0.2, -0.15) is 0 Å². The van der Waals surface area contributed by atoms with Gasteiger partial charge in [-0.3, -0.25) is 0 Å². The van der Waals surface area contributed by atoms with E-state index in [0.717, 1.165) is 11.4 Å². The molecule has 2 nitrogen and oxygen atoms in total. The summed E-state index contributed by atoms with van der Waals surface area (Å²) >= 11 is 0. The highest BCUT2D eigenvalue weighted by molar-refractivity contribution is 6.02. The van der Waals surface area contributed by atoms with Gasteiger partial charge >= 0.3 is 0 Å². The van der Waals surface area contributed by atoms with Crippen molar-refractivity contribution in [2.45, 2.75) is 76.0 Å². The minimum Gasteiger partial charge on any atom is -0.310 e. The fourth-order valence-electron chi connectivity index (χ4n) is 12.4. The number of rotatable bonds is 12. The molecule has 11 aromatic carbocycles. The van der Waals surface area contributed by atoms with Gasteiger partial charge in [0.05, 0.1) is 11.4 Å². The maximum absolute atomic E-state index is 2.42. The molecule has 0 radical (unpaired) electrons. The monoisotopic (exact) mass is 981 g/mol. The summed E-state index contributed by atoms with van der Waals surface area (Å²) in [6.45, 7) is 0. The summed E-state index contributed by atoms with van der Waals surface area (Å²) in [7, 11) is 0. The number of nitrogens with zero attached hydrogens (tertiary/aromatic N) is 2. The Kier molecular flexibility index (Phi) is 13.3. The van der Waals surface area contributed by atoms with E-state index in [2.05, 4.69) is 265 Å². The largest absolute Gasteiger partial charge is 0.310 e.